The van der Waals surface area contributed by atoms with Crippen molar-refractivity contribution in [1.82, 2.24) is 0 Å². The van der Waals surface area contributed by atoms with Crippen LogP contribution in [0.5, 0.6) is 0 Å². The van der Waals surface area contributed by atoms with E-state index in [1.54, 1.807) is 0 Å². The van der Waals surface area contributed by atoms with Gasteiger partial charge in [0, 0.05) is 11.9 Å². The summed E-state index contributed by atoms with van der Waals surface area (Å²) in [6.45, 7) is 14.4. The van der Waals surface area contributed by atoms with E-state index in [0.29, 0.717) is 11.8 Å². The lowest BCUT2D eigenvalue weighted by molar-refractivity contribution is 0.788. The molecule has 0 heterocycles. The van der Waals surface area contributed by atoms with Gasteiger partial charge in [-0.05, 0) is 24.3 Å². The van der Waals surface area contributed by atoms with Crippen LogP contribution in [0.4, 0.5) is 0 Å². The van der Waals surface area contributed by atoms with Gasteiger partial charge < -0.3 is 0 Å². The molecule has 0 N–H and O–H groups in total. The third-order valence-electron chi connectivity index (χ3n) is 2.16. The average molecular weight is 179 g/mol. The van der Waals surface area contributed by atoms with Crippen molar-refractivity contribution >= 4 is 5.71 Å². The van der Waals surface area contributed by atoms with E-state index in [9.17, 15) is 0 Å². The molecule has 0 rings (SSSR count). The Bertz CT molecular complexity index is 219. The van der Waals surface area contributed by atoms with Gasteiger partial charge in [-0.2, -0.15) is 0 Å². The highest BCUT2D eigenvalue weighted by Crippen LogP contribution is 2.10. The highest BCUT2D eigenvalue weighted by atomic mass is 14.7. The fourth-order valence-electron chi connectivity index (χ4n) is 0.763. The molecule has 0 aromatic heterocycles. The SMILES string of the molecule is C=C/C(=C\N=C(C)C(C)C)C(C)C. The first-order chi connectivity index (χ1) is 5.99. The van der Waals surface area contributed by atoms with Gasteiger partial charge in [0.15, 0.2) is 0 Å². The molecule has 0 aromatic rings. The molecule has 0 spiro atoms. The third-order valence-corrected chi connectivity index (χ3v) is 2.16. The van der Waals surface area contributed by atoms with Crippen molar-refractivity contribution in [2.75, 3.05) is 0 Å². The predicted octanol–water partition coefficient (Wildman–Crippen LogP) is 3.83. The minimum Gasteiger partial charge on any atom is -0.265 e. The van der Waals surface area contributed by atoms with Crippen LogP contribution in [0.2, 0.25) is 0 Å². The maximum Gasteiger partial charge on any atom is 0.0301 e. The summed E-state index contributed by atoms with van der Waals surface area (Å²) >= 11 is 0. The van der Waals surface area contributed by atoms with Crippen molar-refractivity contribution in [2.45, 2.75) is 34.6 Å². The lowest BCUT2D eigenvalue weighted by Crippen LogP contribution is -2.00. The van der Waals surface area contributed by atoms with Crippen molar-refractivity contribution < 1.29 is 0 Å². The maximum absolute atomic E-state index is 4.40. The van der Waals surface area contributed by atoms with Gasteiger partial charge in [-0.1, -0.05) is 40.3 Å². The van der Waals surface area contributed by atoms with Crippen molar-refractivity contribution in [3.8, 4) is 0 Å². The van der Waals surface area contributed by atoms with E-state index in [0.717, 1.165) is 0 Å². The summed E-state index contributed by atoms with van der Waals surface area (Å²) in [7, 11) is 0. The second kappa shape index (κ2) is 5.74. The van der Waals surface area contributed by atoms with Gasteiger partial charge in [0.2, 0.25) is 0 Å². The molecule has 0 radical (unpaired) electrons. The van der Waals surface area contributed by atoms with Gasteiger partial charge in [0.1, 0.15) is 0 Å². The summed E-state index contributed by atoms with van der Waals surface area (Å²) in [6.07, 6.45) is 3.80. The zero-order chi connectivity index (χ0) is 10.4. The van der Waals surface area contributed by atoms with Crippen LogP contribution in [0.3, 0.4) is 0 Å². The van der Waals surface area contributed by atoms with E-state index in [4.69, 9.17) is 0 Å². The molecule has 0 bridgehead atoms. The number of aliphatic imine (C=N–C) groups is 1. The molecule has 0 atom stereocenters. The van der Waals surface area contributed by atoms with Crippen LogP contribution < -0.4 is 0 Å². The average Bonchev–Trinajstić information content (AvgIpc) is 2.04. The molecular weight excluding hydrogens is 158 g/mol. The molecular formula is C12H21N. The monoisotopic (exact) mass is 179 g/mol. The molecule has 0 saturated carbocycles. The Morgan fingerprint density at radius 1 is 1.15 bits per heavy atom. The summed E-state index contributed by atoms with van der Waals surface area (Å²) in [4.78, 5) is 4.40. The molecule has 0 aliphatic carbocycles. The van der Waals surface area contributed by atoms with Gasteiger partial charge in [0.05, 0.1) is 0 Å². The van der Waals surface area contributed by atoms with Gasteiger partial charge >= 0.3 is 0 Å². The number of hydrogen-bond donors (Lipinski definition) is 0. The molecule has 0 unspecified atom stereocenters. The molecule has 0 aromatic carbocycles. The Morgan fingerprint density at radius 3 is 2.00 bits per heavy atom. The Morgan fingerprint density at radius 2 is 1.69 bits per heavy atom. The molecule has 0 amide bonds. The zero-order valence-corrected chi connectivity index (χ0v) is 9.46. The van der Waals surface area contributed by atoms with Crippen LogP contribution in [0.15, 0.2) is 29.4 Å². The standard InChI is InChI=1S/C12H21N/c1-7-12(10(4)5)8-13-11(6)9(2)3/h7-10H,1H2,2-6H3/b12-8+,13-11?. The minimum absolute atomic E-state index is 0.501. The Labute approximate surface area is 82.3 Å². The molecule has 0 saturated heterocycles. The first-order valence-corrected chi connectivity index (χ1v) is 4.85. The van der Waals surface area contributed by atoms with E-state index < -0.39 is 0 Å². The molecule has 0 aliphatic heterocycles. The Hall–Kier alpha value is -0.850. The number of nitrogens with zero attached hydrogens (tertiary/aromatic N) is 1. The smallest absolute Gasteiger partial charge is 0.0301 e. The van der Waals surface area contributed by atoms with Crippen molar-refractivity contribution in [3.63, 3.8) is 0 Å². The van der Waals surface area contributed by atoms with E-state index in [1.165, 1.54) is 11.3 Å². The molecule has 0 aliphatic rings. The summed E-state index contributed by atoms with van der Waals surface area (Å²) in [5, 5.41) is 0. The van der Waals surface area contributed by atoms with Gasteiger partial charge in [0.25, 0.3) is 0 Å². The van der Waals surface area contributed by atoms with Crippen molar-refractivity contribution in [1.29, 1.82) is 0 Å². The van der Waals surface area contributed by atoms with Crippen LogP contribution in [-0.4, -0.2) is 5.71 Å². The van der Waals surface area contributed by atoms with Crippen LogP contribution in [0.1, 0.15) is 34.6 Å². The van der Waals surface area contributed by atoms with Crippen LogP contribution in [-0.2, 0) is 0 Å². The summed E-state index contributed by atoms with van der Waals surface area (Å²) in [6, 6.07) is 0. The lowest BCUT2D eigenvalue weighted by atomic mass is 10.1. The summed E-state index contributed by atoms with van der Waals surface area (Å²) in [5.74, 6) is 1.02. The number of hydrogen-bond acceptors (Lipinski definition) is 1. The highest BCUT2D eigenvalue weighted by molar-refractivity contribution is 5.84. The predicted molar refractivity (Wildman–Crippen MR) is 61.1 cm³/mol. The van der Waals surface area contributed by atoms with Crippen LogP contribution in [0, 0.1) is 11.8 Å². The van der Waals surface area contributed by atoms with Gasteiger partial charge in [-0.25, -0.2) is 0 Å². The van der Waals surface area contributed by atoms with Gasteiger partial charge in [-0.3, -0.25) is 4.99 Å². The fourth-order valence-corrected chi connectivity index (χ4v) is 0.763. The van der Waals surface area contributed by atoms with Crippen molar-refractivity contribution in [2.24, 2.45) is 16.8 Å². The van der Waals surface area contributed by atoms with Crippen molar-refractivity contribution in [3.05, 3.63) is 24.4 Å². The van der Waals surface area contributed by atoms with E-state index >= 15 is 0 Å². The minimum atomic E-state index is 0.501. The number of rotatable bonds is 4. The van der Waals surface area contributed by atoms with E-state index in [2.05, 4.69) is 46.2 Å². The number of allylic oxidation sites excluding steroid dienone is 2. The van der Waals surface area contributed by atoms with Crippen LogP contribution in [0.25, 0.3) is 0 Å². The van der Waals surface area contributed by atoms with E-state index in [1.807, 2.05) is 12.3 Å². The highest BCUT2D eigenvalue weighted by Gasteiger charge is 1.98. The first kappa shape index (κ1) is 12.2. The van der Waals surface area contributed by atoms with E-state index in [-0.39, 0.29) is 0 Å². The molecule has 0 fully saturated rings. The second-order valence-corrected chi connectivity index (χ2v) is 3.91. The molecule has 1 heteroatoms. The Balaban J connectivity index is 4.54. The first-order valence-electron chi connectivity index (χ1n) is 4.85. The van der Waals surface area contributed by atoms with Crippen LogP contribution >= 0.6 is 0 Å². The summed E-state index contributed by atoms with van der Waals surface area (Å²) in [5.41, 5.74) is 2.36. The maximum atomic E-state index is 4.40. The largest absolute Gasteiger partial charge is 0.265 e. The molecule has 13 heavy (non-hydrogen) atoms. The third kappa shape index (κ3) is 4.66. The summed E-state index contributed by atoms with van der Waals surface area (Å²) < 4.78 is 0. The zero-order valence-electron chi connectivity index (χ0n) is 9.46. The Kier molecular flexibility index (Phi) is 5.36. The normalized spacial score (nSPS) is 14.1. The molecule has 1 nitrogen and oxygen atoms in total. The quantitative estimate of drug-likeness (QED) is 0.459. The topological polar surface area (TPSA) is 12.4 Å². The van der Waals surface area contributed by atoms with Gasteiger partial charge in [-0.15, -0.1) is 0 Å². The lowest BCUT2D eigenvalue weighted by Gasteiger charge is -2.05. The second-order valence-electron chi connectivity index (χ2n) is 3.91. The fraction of sp³-hybridized carbons (Fsp3) is 0.583. The molecule has 74 valence electrons.